The molecule has 0 saturated carbocycles. The Labute approximate surface area is 157 Å². The second-order valence-corrected chi connectivity index (χ2v) is 5.89. The number of likely N-dealkylation sites (N-methyl/N-ethyl adjacent to an activating group) is 1. The molecule has 0 aliphatic carbocycles. The van der Waals surface area contributed by atoms with Gasteiger partial charge in [-0.25, -0.2) is 4.79 Å². The number of hydrogen-bond donors (Lipinski definition) is 2. The third-order valence-corrected chi connectivity index (χ3v) is 4.03. The van der Waals surface area contributed by atoms with E-state index in [1.165, 1.54) is 14.2 Å². The molecule has 2 N–H and O–H groups in total. The molecule has 1 amide bonds. The van der Waals surface area contributed by atoms with Crippen molar-refractivity contribution in [2.24, 2.45) is 5.16 Å². The van der Waals surface area contributed by atoms with Gasteiger partial charge in [-0.1, -0.05) is 29.4 Å². The number of carboxylic acids is 1. The van der Waals surface area contributed by atoms with E-state index in [1.807, 2.05) is 12.1 Å². The van der Waals surface area contributed by atoms with E-state index < -0.39 is 5.97 Å². The SMILES string of the molecule is CNC(=O)/C(=N/OC)c1ccccc1COc1cc(C)c(C(=O)O)cc1C. The molecule has 2 aromatic carbocycles. The van der Waals surface area contributed by atoms with Crippen molar-refractivity contribution < 1.29 is 24.3 Å². The summed E-state index contributed by atoms with van der Waals surface area (Å²) < 4.78 is 5.90. The number of nitrogens with zero attached hydrogens (tertiary/aromatic N) is 1. The van der Waals surface area contributed by atoms with Crippen LogP contribution >= 0.6 is 0 Å². The van der Waals surface area contributed by atoms with Gasteiger partial charge in [-0.05, 0) is 42.7 Å². The molecule has 0 fully saturated rings. The van der Waals surface area contributed by atoms with Crippen LogP contribution in [0.15, 0.2) is 41.6 Å². The zero-order valence-corrected chi connectivity index (χ0v) is 15.7. The summed E-state index contributed by atoms with van der Waals surface area (Å²) in [5.74, 6) is -0.766. The Morgan fingerprint density at radius 3 is 2.44 bits per heavy atom. The summed E-state index contributed by atoms with van der Waals surface area (Å²) in [6.07, 6.45) is 0. The molecule has 2 aromatic rings. The van der Waals surface area contributed by atoms with Crippen LogP contribution in [0.3, 0.4) is 0 Å². The van der Waals surface area contributed by atoms with Crippen LogP contribution in [0.1, 0.15) is 32.6 Å². The maximum atomic E-state index is 12.1. The Balaban J connectivity index is 2.32. The molecule has 7 nitrogen and oxygen atoms in total. The second kappa shape index (κ2) is 8.84. The molecule has 2 rings (SSSR count). The quantitative estimate of drug-likeness (QED) is 0.577. The number of carbonyl (C=O) groups excluding carboxylic acids is 1. The van der Waals surface area contributed by atoms with Crippen molar-refractivity contribution in [3.05, 3.63) is 64.2 Å². The van der Waals surface area contributed by atoms with E-state index in [4.69, 9.17) is 9.57 Å². The van der Waals surface area contributed by atoms with E-state index in [2.05, 4.69) is 10.5 Å². The van der Waals surface area contributed by atoms with Crippen LogP contribution in [0.25, 0.3) is 0 Å². The van der Waals surface area contributed by atoms with E-state index in [1.54, 1.807) is 38.1 Å². The molecule has 0 bridgehead atoms. The average Bonchev–Trinajstić information content (AvgIpc) is 2.66. The third-order valence-electron chi connectivity index (χ3n) is 4.03. The van der Waals surface area contributed by atoms with E-state index in [0.29, 0.717) is 22.4 Å². The largest absolute Gasteiger partial charge is 0.489 e. The first-order valence-electron chi connectivity index (χ1n) is 8.27. The van der Waals surface area contributed by atoms with Gasteiger partial charge in [0.2, 0.25) is 0 Å². The molecule has 0 atom stereocenters. The highest BCUT2D eigenvalue weighted by Gasteiger charge is 2.18. The van der Waals surface area contributed by atoms with Crippen molar-refractivity contribution in [1.29, 1.82) is 0 Å². The summed E-state index contributed by atoms with van der Waals surface area (Å²) in [4.78, 5) is 28.1. The molecule has 7 heteroatoms. The minimum absolute atomic E-state index is 0.147. The van der Waals surface area contributed by atoms with Gasteiger partial charge >= 0.3 is 5.97 Å². The Kier molecular flexibility index (Phi) is 6.54. The van der Waals surface area contributed by atoms with Gasteiger partial charge in [-0.2, -0.15) is 0 Å². The Hall–Kier alpha value is -3.35. The fourth-order valence-corrected chi connectivity index (χ4v) is 2.63. The standard InChI is InChI=1S/C20H22N2O5/c1-12-10-17(13(2)9-16(12)20(24)25)27-11-14-7-5-6-8-15(14)18(22-26-4)19(23)21-3/h5-10H,11H2,1-4H3,(H,21,23)(H,24,25)/b22-18+. The molecule has 0 aliphatic heterocycles. The fraction of sp³-hybridized carbons (Fsp3) is 0.250. The number of carbonyl (C=O) groups is 2. The minimum atomic E-state index is -0.974. The predicted molar refractivity (Wildman–Crippen MR) is 101 cm³/mol. The summed E-state index contributed by atoms with van der Waals surface area (Å²) in [5, 5.41) is 15.6. The summed E-state index contributed by atoms with van der Waals surface area (Å²) in [6, 6.07) is 10.5. The smallest absolute Gasteiger partial charge is 0.335 e. The van der Waals surface area contributed by atoms with Crippen LogP contribution in [-0.4, -0.2) is 36.9 Å². The summed E-state index contributed by atoms with van der Waals surface area (Å²) in [7, 11) is 2.89. The molecule has 0 aliphatic rings. The van der Waals surface area contributed by atoms with Gasteiger partial charge in [0.05, 0.1) is 5.56 Å². The fourth-order valence-electron chi connectivity index (χ4n) is 2.63. The molecular weight excluding hydrogens is 348 g/mol. The molecule has 0 unspecified atom stereocenters. The van der Waals surface area contributed by atoms with Crippen molar-refractivity contribution in [3.63, 3.8) is 0 Å². The zero-order chi connectivity index (χ0) is 20.0. The molecule has 142 valence electrons. The molecular formula is C20H22N2O5. The number of benzene rings is 2. The van der Waals surface area contributed by atoms with E-state index >= 15 is 0 Å². The number of hydrogen-bond acceptors (Lipinski definition) is 5. The highest BCUT2D eigenvalue weighted by molar-refractivity contribution is 6.45. The number of nitrogens with one attached hydrogen (secondary N) is 1. The first kappa shape index (κ1) is 20.0. The predicted octanol–water partition coefficient (Wildman–Crippen LogP) is 2.68. The van der Waals surface area contributed by atoms with Crippen LogP contribution in [0, 0.1) is 13.8 Å². The van der Waals surface area contributed by atoms with Crippen molar-refractivity contribution in [1.82, 2.24) is 5.32 Å². The minimum Gasteiger partial charge on any atom is -0.489 e. The van der Waals surface area contributed by atoms with E-state index in [9.17, 15) is 14.7 Å². The van der Waals surface area contributed by atoms with Gasteiger partial charge in [-0.3, -0.25) is 4.79 Å². The Morgan fingerprint density at radius 1 is 1.11 bits per heavy atom. The summed E-state index contributed by atoms with van der Waals surface area (Å²) in [5.41, 5.74) is 3.06. The van der Waals surface area contributed by atoms with Crippen LogP contribution < -0.4 is 10.1 Å². The van der Waals surface area contributed by atoms with Crippen molar-refractivity contribution in [2.75, 3.05) is 14.2 Å². The average molecular weight is 370 g/mol. The molecule has 0 heterocycles. The Morgan fingerprint density at radius 2 is 1.81 bits per heavy atom. The van der Waals surface area contributed by atoms with Gasteiger partial charge in [0.1, 0.15) is 19.5 Å². The third kappa shape index (κ3) is 4.63. The lowest BCUT2D eigenvalue weighted by Crippen LogP contribution is -2.29. The van der Waals surface area contributed by atoms with Gasteiger partial charge in [0, 0.05) is 12.6 Å². The zero-order valence-electron chi connectivity index (χ0n) is 15.7. The topological polar surface area (TPSA) is 97.2 Å². The summed E-state index contributed by atoms with van der Waals surface area (Å²) >= 11 is 0. The van der Waals surface area contributed by atoms with Gasteiger partial charge < -0.3 is 20.0 Å². The maximum absolute atomic E-state index is 12.1. The lowest BCUT2D eigenvalue weighted by molar-refractivity contribution is -0.114. The van der Waals surface area contributed by atoms with Crippen LogP contribution in [0.2, 0.25) is 0 Å². The number of aromatic carboxylic acids is 1. The second-order valence-electron chi connectivity index (χ2n) is 5.89. The van der Waals surface area contributed by atoms with Gasteiger partial charge in [-0.15, -0.1) is 0 Å². The molecule has 0 radical (unpaired) electrons. The number of ether oxygens (including phenoxy) is 1. The number of carboxylic acid groups (broad SMARTS) is 1. The van der Waals surface area contributed by atoms with Crippen LogP contribution in [-0.2, 0) is 16.2 Å². The lowest BCUT2D eigenvalue weighted by Gasteiger charge is -2.14. The highest BCUT2D eigenvalue weighted by Crippen LogP contribution is 2.24. The monoisotopic (exact) mass is 370 g/mol. The maximum Gasteiger partial charge on any atom is 0.335 e. The van der Waals surface area contributed by atoms with E-state index in [0.717, 1.165) is 5.56 Å². The Bertz CT molecular complexity index is 890. The number of amides is 1. The van der Waals surface area contributed by atoms with Crippen molar-refractivity contribution >= 4 is 17.6 Å². The molecule has 0 saturated heterocycles. The molecule has 0 spiro atoms. The van der Waals surface area contributed by atoms with Gasteiger partial charge in [0.25, 0.3) is 5.91 Å². The molecule has 27 heavy (non-hydrogen) atoms. The number of oxime groups is 1. The molecule has 0 aromatic heterocycles. The first-order valence-corrected chi connectivity index (χ1v) is 8.27. The van der Waals surface area contributed by atoms with Crippen molar-refractivity contribution in [3.8, 4) is 5.75 Å². The summed E-state index contributed by atoms with van der Waals surface area (Å²) in [6.45, 7) is 3.69. The lowest BCUT2D eigenvalue weighted by atomic mass is 10.0. The normalized spacial score (nSPS) is 11.0. The van der Waals surface area contributed by atoms with E-state index in [-0.39, 0.29) is 23.8 Å². The van der Waals surface area contributed by atoms with Crippen molar-refractivity contribution in [2.45, 2.75) is 20.5 Å². The number of rotatable bonds is 7. The number of aryl methyl sites for hydroxylation is 2. The van der Waals surface area contributed by atoms with Gasteiger partial charge in [0.15, 0.2) is 5.71 Å². The highest BCUT2D eigenvalue weighted by atomic mass is 16.6. The van der Waals surface area contributed by atoms with Crippen LogP contribution in [0.4, 0.5) is 0 Å². The van der Waals surface area contributed by atoms with Crippen LogP contribution in [0.5, 0.6) is 5.75 Å². The first-order chi connectivity index (χ1) is 12.9.